The predicted molar refractivity (Wildman–Crippen MR) is 141 cm³/mol. The molecule has 2 atom stereocenters. The van der Waals surface area contributed by atoms with Crippen molar-refractivity contribution in [2.45, 2.75) is 123 Å². The van der Waals surface area contributed by atoms with E-state index in [1.165, 1.54) is 12.0 Å². The molecular weight excluding hydrogens is 454 g/mol. The second-order valence-electron chi connectivity index (χ2n) is 11.7. The third kappa shape index (κ3) is 7.71. The zero-order chi connectivity index (χ0) is 26.5. The summed E-state index contributed by atoms with van der Waals surface area (Å²) in [5.74, 6) is -0.538. The van der Waals surface area contributed by atoms with E-state index in [-0.39, 0.29) is 29.8 Å². The first kappa shape index (κ1) is 28.0. The molecule has 0 aromatic heterocycles. The summed E-state index contributed by atoms with van der Waals surface area (Å²) in [5.41, 5.74) is 1.32. The van der Waals surface area contributed by atoms with Crippen molar-refractivity contribution in [1.29, 1.82) is 0 Å². The summed E-state index contributed by atoms with van der Waals surface area (Å²) in [7, 11) is 0. The zero-order valence-corrected chi connectivity index (χ0v) is 22.9. The molecule has 1 aromatic carbocycles. The topological polar surface area (TPSA) is 87.7 Å². The molecule has 0 bridgehead atoms. The number of hydrogen-bond acceptors (Lipinski definition) is 4. The molecule has 3 amide bonds. The molecule has 7 heteroatoms. The van der Waals surface area contributed by atoms with Crippen molar-refractivity contribution in [3.8, 4) is 0 Å². The van der Waals surface area contributed by atoms with Gasteiger partial charge in [-0.25, -0.2) is 4.79 Å². The van der Waals surface area contributed by atoms with Crippen molar-refractivity contribution in [3.63, 3.8) is 0 Å². The van der Waals surface area contributed by atoms with Crippen molar-refractivity contribution < 1.29 is 19.1 Å². The maximum absolute atomic E-state index is 14.1. The number of nitrogens with one attached hydrogen (secondary N) is 2. The Bertz CT molecular complexity index is 896. The first-order valence-electron chi connectivity index (χ1n) is 13.7. The second-order valence-corrected chi connectivity index (χ2v) is 11.7. The largest absolute Gasteiger partial charge is 0.444 e. The standard InChI is InChI=1S/C29H45N3O4/c1-7-20-13-15-21(16-14-20)25(26(33)30-22-11-9-8-10-12-22)32(23-17-18-23)27(34)24(19(2)3)31-28(35)36-29(4,5)6/h13-16,19,22-25H,7-12,17-18H2,1-6H3,(H,30,33)(H,31,35). The van der Waals surface area contributed by atoms with Crippen LogP contribution in [-0.2, 0) is 20.7 Å². The monoisotopic (exact) mass is 499 g/mol. The Morgan fingerprint density at radius 1 is 1.00 bits per heavy atom. The third-order valence-electron chi connectivity index (χ3n) is 6.98. The molecule has 3 rings (SSSR count). The second kappa shape index (κ2) is 12.1. The van der Waals surface area contributed by atoms with Crippen LogP contribution < -0.4 is 10.6 Å². The molecule has 200 valence electrons. The number of carbonyl (C=O) groups excluding carboxylic acids is 3. The Hall–Kier alpha value is -2.57. The van der Waals surface area contributed by atoms with Crippen LogP contribution >= 0.6 is 0 Å². The van der Waals surface area contributed by atoms with Gasteiger partial charge in [-0.15, -0.1) is 0 Å². The molecular formula is C29H45N3O4. The normalized spacial score (nSPS) is 18.3. The highest BCUT2D eigenvalue weighted by atomic mass is 16.6. The molecule has 36 heavy (non-hydrogen) atoms. The fraction of sp³-hybridized carbons (Fsp3) is 0.690. The zero-order valence-electron chi connectivity index (χ0n) is 22.9. The number of benzene rings is 1. The van der Waals surface area contributed by atoms with Gasteiger partial charge in [-0.05, 0) is 69.9 Å². The maximum atomic E-state index is 14.1. The Balaban J connectivity index is 1.92. The third-order valence-corrected chi connectivity index (χ3v) is 6.98. The summed E-state index contributed by atoms with van der Waals surface area (Å²) in [6, 6.07) is 6.60. The van der Waals surface area contributed by atoms with Gasteiger partial charge in [0, 0.05) is 12.1 Å². The van der Waals surface area contributed by atoms with Gasteiger partial charge in [-0.3, -0.25) is 9.59 Å². The molecule has 2 N–H and O–H groups in total. The van der Waals surface area contributed by atoms with Gasteiger partial charge < -0.3 is 20.3 Å². The summed E-state index contributed by atoms with van der Waals surface area (Å²) in [5, 5.41) is 6.06. The van der Waals surface area contributed by atoms with E-state index < -0.39 is 23.8 Å². The average molecular weight is 500 g/mol. The summed E-state index contributed by atoms with van der Waals surface area (Å²) in [6.45, 7) is 11.3. The van der Waals surface area contributed by atoms with E-state index in [4.69, 9.17) is 4.74 Å². The molecule has 2 unspecified atom stereocenters. The van der Waals surface area contributed by atoms with E-state index >= 15 is 0 Å². The molecule has 2 aliphatic rings. The van der Waals surface area contributed by atoms with Gasteiger partial charge >= 0.3 is 6.09 Å². The fourth-order valence-corrected chi connectivity index (χ4v) is 4.88. The van der Waals surface area contributed by atoms with Gasteiger partial charge in [0.25, 0.3) is 0 Å². The number of alkyl carbamates (subject to hydrolysis) is 1. The van der Waals surface area contributed by atoms with Crippen LogP contribution in [0.3, 0.4) is 0 Å². The molecule has 1 aromatic rings. The Morgan fingerprint density at radius 2 is 1.61 bits per heavy atom. The Morgan fingerprint density at radius 3 is 2.11 bits per heavy atom. The Labute approximate surface area is 216 Å². The van der Waals surface area contributed by atoms with E-state index in [1.807, 2.05) is 38.1 Å². The maximum Gasteiger partial charge on any atom is 0.408 e. The lowest BCUT2D eigenvalue weighted by Crippen LogP contribution is -2.56. The number of rotatable bonds is 9. The first-order valence-corrected chi connectivity index (χ1v) is 13.7. The van der Waals surface area contributed by atoms with Crippen molar-refractivity contribution in [2.24, 2.45) is 5.92 Å². The highest BCUT2D eigenvalue weighted by Crippen LogP contribution is 2.36. The number of hydrogen-bond donors (Lipinski definition) is 2. The predicted octanol–water partition coefficient (Wildman–Crippen LogP) is 5.28. The van der Waals surface area contributed by atoms with E-state index in [2.05, 4.69) is 17.6 Å². The Kier molecular flexibility index (Phi) is 9.42. The van der Waals surface area contributed by atoms with Crippen LogP contribution in [0, 0.1) is 5.92 Å². The van der Waals surface area contributed by atoms with E-state index in [9.17, 15) is 14.4 Å². The summed E-state index contributed by atoms with van der Waals surface area (Å²) < 4.78 is 5.44. The SMILES string of the molecule is CCc1ccc(C(C(=O)NC2CCCCC2)N(C(=O)C(NC(=O)OC(C)(C)C)C(C)C)C2CC2)cc1. The number of nitrogens with zero attached hydrogens (tertiary/aromatic N) is 1. The minimum atomic E-state index is -0.791. The van der Waals surface area contributed by atoms with Gasteiger partial charge in [0.05, 0.1) is 0 Å². The van der Waals surface area contributed by atoms with Gasteiger partial charge in [-0.2, -0.15) is 0 Å². The van der Waals surface area contributed by atoms with Crippen molar-refractivity contribution >= 4 is 17.9 Å². The van der Waals surface area contributed by atoms with Crippen molar-refractivity contribution in [1.82, 2.24) is 15.5 Å². The molecule has 2 aliphatic carbocycles. The van der Waals surface area contributed by atoms with Crippen LogP contribution in [0.5, 0.6) is 0 Å². The van der Waals surface area contributed by atoms with Crippen molar-refractivity contribution in [2.75, 3.05) is 0 Å². The van der Waals surface area contributed by atoms with Crippen LogP contribution in [0.15, 0.2) is 24.3 Å². The van der Waals surface area contributed by atoms with E-state index in [0.717, 1.165) is 50.5 Å². The molecule has 7 nitrogen and oxygen atoms in total. The molecule has 2 saturated carbocycles. The van der Waals surface area contributed by atoms with Crippen molar-refractivity contribution in [3.05, 3.63) is 35.4 Å². The fourth-order valence-electron chi connectivity index (χ4n) is 4.88. The number of aryl methyl sites for hydroxylation is 1. The summed E-state index contributed by atoms with van der Waals surface area (Å²) in [6.07, 6.45) is 7.35. The minimum absolute atomic E-state index is 0.0212. The van der Waals surface area contributed by atoms with E-state index in [0.29, 0.717) is 0 Å². The summed E-state index contributed by atoms with van der Waals surface area (Å²) in [4.78, 5) is 42.3. The van der Waals surface area contributed by atoms with E-state index in [1.54, 1.807) is 25.7 Å². The smallest absolute Gasteiger partial charge is 0.408 e. The molecule has 0 saturated heterocycles. The lowest BCUT2D eigenvalue weighted by Gasteiger charge is -2.36. The quantitative estimate of drug-likeness (QED) is 0.484. The average Bonchev–Trinajstić information content (AvgIpc) is 3.65. The van der Waals surface area contributed by atoms with Gasteiger partial charge in [0.15, 0.2) is 0 Å². The number of ether oxygens (including phenoxy) is 1. The highest BCUT2D eigenvalue weighted by Gasteiger charge is 2.45. The lowest BCUT2D eigenvalue weighted by molar-refractivity contribution is -0.144. The van der Waals surface area contributed by atoms with Crippen LogP contribution in [0.4, 0.5) is 4.79 Å². The minimum Gasteiger partial charge on any atom is -0.444 e. The highest BCUT2D eigenvalue weighted by molar-refractivity contribution is 5.92. The van der Waals surface area contributed by atoms with Crippen LogP contribution in [0.1, 0.15) is 104 Å². The molecule has 0 aliphatic heterocycles. The van der Waals surface area contributed by atoms with Crippen LogP contribution in [-0.4, -0.2) is 46.5 Å². The first-order chi connectivity index (χ1) is 17.0. The molecule has 0 heterocycles. The van der Waals surface area contributed by atoms with Gasteiger partial charge in [-0.1, -0.05) is 64.3 Å². The molecule has 0 spiro atoms. The summed E-state index contributed by atoms with van der Waals surface area (Å²) >= 11 is 0. The van der Waals surface area contributed by atoms with Gasteiger partial charge in [0.1, 0.15) is 17.7 Å². The number of carbonyl (C=O) groups is 3. The van der Waals surface area contributed by atoms with Gasteiger partial charge in [0.2, 0.25) is 11.8 Å². The van der Waals surface area contributed by atoms with Crippen LogP contribution in [0.25, 0.3) is 0 Å². The molecule has 0 radical (unpaired) electrons. The van der Waals surface area contributed by atoms with Crippen LogP contribution in [0.2, 0.25) is 0 Å². The molecule has 2 fully saturated rings. The lowest BCUT2D eigenvalue weighted by atomic mass is 9.94. The number of amides is 3.